The molecule has 1 aromatic heterocycles. The fourth-order valence-electron chi connectivity index (χ4n) is 2.65. The third-order valence-corrected chi connectivity index (χ3v) is 5.24. The van der Waals surface area contributed by atoms with Crippen molar-refractivity contribution in [2.45, 2.75) is 31.7 Å². The van der Waals surface area contributed by atoms with Crippen LogP contribution in [0.25, 0.3) is 11.3 Å². The highest BCUT2D eigenvalue weighted by atomic mass is 35.5. The Balaban J connectivity index is 0.00000208. The predicted molar refractivity (Wildman–Crippen MR) is 99.8 cm³/mol. The summed E-state index contributed by atoms with van der Waals surface area (Å²) in [6.45, 7) is 3.14. The third kappa shape index (κ3) is 3.95. The number of hydrogen-bond acceptors (Lipinski definition) is 5. The number of carbonyl (C=O) groups excluding carboxylic acids is 1. The van der Waals surface area contributed by atoms with Crippen molar-refractivity contribution >= 4 is 34.8 Å². The minimum Gasteiger partial charge on any atom is -0.381 e. The summed E-state index contributed by atoms with van der Waals surface area (Å²) >= 11 is 1.52. The molecule has 3 rings (SSSR count). The van der Waals surface area contributed by atoms with Crippen molar-refractivity contribution in [2.75, 3.05) is 18.5 Å². The number of aromatic nitrogens is 1. The third-order valence-electron chi connectivity index (χ3n) is 4.12. The van der Waals surface area contributed by atoms with Crippen LogP contribution in [0.3, 0.4) is 0 Å². The molecular weight excluding hydrogens is 346 g/mol. The van der Waals surface area contributed by atoms with E-state index in [1.165, 1.54) is 11.3 Å². The first-order chi connectivity index (χ1) is 11.1. The smallest absolute Gasteiger partial charge is 0.246 e. The average Bonchev–Trinajstić information content (AvgIpc) is 2.99. The first-order valence-corrected chi connectivity index (χ1v) is 8.67. The Hall–Kier alpha value is -1.47. The summed E-state index contributed by atoms with van der Waals surface area (Å²) in [5.74, 6) is -0.170. The summed E-state index contributed by atoms with van der Waals surface area (Å²) in [6.07, 6.45) is 1.95. The van der Waals surface area contributed by atoms with Crippen LogP contribution in [0.2, 0.25) is 0 Å². The zero-order chi connectivity index (χ0) is 16.3. The Morgan fingerprint density at radius 2 is 2.00 bits per heavy atom. The molecule has 2 aromatic rings. The van der Waals surface area contributed by atoms with Gasteiger partial charge in [0.1, 0.15) is 5.54 Å². The number of aryl methyl sites for hydroxylation is 1. The van der Waals surface area contributed by atoms with Gasteiger partial charge in [-0.25, -0.2) is 4.98 Å². The Kier molecular flexibility index (Phi) is 6.34. The fourth-order valence-corrected chi connectivity index (χ4v) is 3.57. The summed E-state index contributed by atoms with van der Waals surface area (Å²) in [5, 5.41) is 3.52. The molecule has 2 heterocycles. The molecule has 3 N–H and O–H groups in total. The molecule has 1 aliphatic heterocycles. The fraction of sp³-hybridized carbons (Fsp3) is 0.412. The maximum atomic E-state index is 12.5. The molecule has 130 valence electrons. The van der Waals surface area contributed by atoms with E-state index in [1.807, 2.05) is 30.3 Å². The maximum absolute atomic E-state index is 12.5. The molecule has 1 aromatic carbocycles. The molecule has 1 amide bonds. The van der Waals surface area contributed by atoms with Crippen molar-refractivity contribution in [1.29, 1.82) is 0 Å². The van der Waals surface area contributed by atoms with Crippen LogP contribution in [-0.2, 0) is 16.0 Å². The number of nitrogens with zero attached hydrogens (tertiary/aromatic N) is 1. The number of hydrogen-bond donors (Lipinski definition) is 2. The Morgan fingerprint density at radius 1 is 1.33 bits per heavy atom. The number of anilines is 1. The lowest BCUT2D eigenvalue weighted by atomic mass is 9.90. The second-order valence-corrected chi connectivity index (χ2v) is 6.82. The van der Waals surface area contributed by atoms with Gasteiger partial charge in [-0.05, 0) is 19.3 Å². The Bertz CT molecular complexity index is 684. The summed E-state index contributed by atoms with van der Waals surface area (Å²) in [7, 11) is 0. The van der Waals surface area contributed by atoms with E-state index in [1.54, 1.807) is 0 Å². The van der Waals surface area contributed by atoms with E-state index in [2.05, 4.69) is 17.2 Å². The molecule has 0 spiro atoms. The van der Waals surface area contributed by atoms with Crippen LogP contribution in [0.1, 0.15) is 24.6 Å². The van der Waals surface area contributed by atoms with Crippen LogP contribution in [0.5, 0.6) is 0 Å². The predicted octanol–water partition coefficient (Wildman–Crippen LogP) is 3.24. The summed E-state index contributed by atoms with van der Waals surface area (Å²) in [6, 6.07) is 10.0. The molecule has 1 fully saturated rings. The normalized spacial score (nSPS) is 16.2. The standard InChI is InChI=1S/C17H21N3O2S.ClH/c1-2-13-14(12-6-4-3-5-7-12)19-16(23-13)20-15(21)17(18)8-10-22-11-9-17;/h3-7H,2,8-11,18H2,1H3,(H,19,20,21);1H. The highest BCUT2D eigenvalue weighted by molar-refractivity contribution is 7.16. The van der Waals surface area contributed by atoms with Gasteiger partial charge in [-0.2, -0.15) is 0 Å². The van der Waals surface area contributed by atoms with Crippen LogP contribution in [0.4, 0.5) is 5.13 Å². The van der Waals surface area contributed by atoms with E-state index in [-0.39, 0.29) is 18.3 Å². The first-order valence-electron chi connectivity index (χ1n) is 7.85. The second-order valence-electron chi connectivity index (χ2n) is 5.73. The van der Waals surface area contributed by atoms with Gasteiger partial charge in [0.25, 0.3) is 0 Å². The van der Waals surface area contributed by atoms with Crippen molar-refractivity contribution in [2.24, 2.45) is 5.73 Å². The SMILES string of the molecule is CCc1sc(NC(=O)C2(N)CCOCC2)nc1-c1ccccc1.Cl. The van der Waals surface area contributed by atoms with Crippen molar-refractivity contribution in [3.63, 3.8) is 0 Å². The molecule has 0 unspecified atom stereocenters. The van der Waals surface area contributed by atoms with Gasteiger partial charge in [-0.3, -0.25) is 4.79 Å². The van der Waals surface area contributed by atoms with E-state index >= 15 is 0 Å². The molecule has 24 heavy (non-hydrogen) atoms. The zero-order valence-electron chi connectivity index (χ0n) is 13.6. The highest BCUT2D eigenvalue weighted by Crippen LogP contribution is 2.32. The number of carbonyl (C=O) groups is 1. The second kappa shape index (κ2) is 8.07. The molecule has 0 atom stereocenters. The number of nitrogens with one attached hydrogen (secondary N) is 1. The van der Waals surface area contributed by atoms with Crippen molar-refractivity contribution in [1.82, 2.24) is 4.98 Å². The highest BCUT2D eigenvalue weighted by Gasteiger charge is 2.36. The number of benzene rings is 1. The van der Waals surface area contributed by atoms with Gasteiger partial charge in [0, 0.05) is 23.7 Å². The van der Waals surface area contributed by atoms with Crippen LogP contribution in [-0.4, -0.2) is 29.6 Å². The lowest BCUT2D eigenvalue weighted by molar-refractivity contribution is -0.124. The number of halogens is 1. The van der Waals surface area contributed by atoms with Gasteiger partial charge in [-0.15, -0.1) is 23.7 Å². The number of thiazole rings is 1. The minimum atomic E-state index is -0.858. The Labute approximate surface area is 152 Å². The lowest BCUT2D eigenvalue weighted by Crippen LogP contribution is -2.54. The summed E-state index contributed by atoms with van der Waals surface area (Å²) in [5.41, 5.74) is 7.37. The first kappa shape index (κ1) is 18.9. The van der Waals surface area contributed by atoms with Gasteiger partial charge in [0.05, 0.1) is 5.69 Å². The molecule has 1 saturated heterocycles. The van der Waals surface area contributed by atoms with Gasteiger partial charge >= 0.3 is 0 Å². The largest absolute Gasteiger partial charge is 0.381 e. The minimum absolute atomic E-state index is 0. The molecular formula is C17H22ClN3O2S. The summed E-state index contributed by atoms with van der Waals surface area (Å²) in [4.78, 5) is 18.3. The number of rotatable bonds is 4. The lowest BCUT2D eigenvalue weighted by Gasteiger charge is -2.31. The van der Waals surface area contributed by atoms with E-state index in [4.69, 9.17) is 10.5 Å². The molecule has 1 aliphatic rings. The number of amides is 1. The van der Waals surface area contributed by atoms with Crippen molar-refractivity contribution in [3.05, 3.63) is 35.2 Å². The van der Waals surface area contributed by atoms with E-state index < -0.39 is 5.54 Å². The van der Waals surface area contributed by atoms with Crippen molar-refractivity contribution in [3.8, 4) is 11.3 Å². The van der Waals surface area contributed by atoms with Crippen LogP contribution >= 0.6 is 23.7 Å². The molecule has 0 saturated carbocycles. The summed E-state index contributed by atoms with van der Waals surface area (Å²) < 4.78 is 5.29. The molecule has 5 nitrogen and oxygen atoms in total. The number of nitrogens with two attached hydrogens (primary N) is 1. The van der Waals surface area contributed by atoms with Gasteiger partial charge in [0.15, 0.2) is 5.13 Å². The van der Waals surface area contributed by atoms with Crippen LogP contribution < -0.4 is 11.1 Å². The monoisotopic (exact) mass is 367 g/mol. The van der Waals surface area contributed by atoms with E-state index in [0.717, 1.165) is 22.6 Å². The van der Waals surface area contributed by atoms with Crippen LogP contribution in [0.15, 0.2) is 30.3 Å². The molecule has 7 heteroatoms. The van der Waals surface area contributed by atoms with E-state index in [0.29, 0.717) is 31.2 Å². The van der Waals surface area contributed by atoms with Crippen molar-refractivity contribution < 1.29 is 9.53 Å². The Morgan fingerprint density at radius 3 is 2.62 bits per heavy atom. The maximum Gasteiger partial charge on any atom is 0.246 e. The quantitative estimate of drug-likeness (QED) is 0.869. The molecule has 0 bridgehead atoms. The average molecular weight is 368 g/mol. The number of ether oxygens (including phenoxy) is 1. The van der Waals surface area contributed by atoms with Gasteiger partial charge < -0.3 is 15.8 Å². The molecule has 0 aliphatic carbocycles. The topological polar surface area (TPSA) is 77.2 Å². The molecule has 0 radical (unpaired) electrons. The van der Waals surface area contributed by atoms with Gasteiger partial charge in [0.2, 0.25) is 5.91 Å². The zero-order valence-corrected chi connectivity index (χ0v) is 15.2. The van der Waals surface area contributed by atoms with E-state index in [9.17, 15) is 4.79 Å². The van der Waals surface area contributed by atoms with Crippen LogP contribution in [0, 0.1) is 0 Å². The van der Waals surface area contributed by atoms with Gasteiger partial charge in [-0.1, -0.05) is 37.3 Å².